The second-order valence-electron chi connectivity index (χ2n) is 6.52. The number of aryl methyl sites for hydroxylation is 1. The molecule has 0 spiro atoms. The molecule has 0 aliphatic carbocycles. The highest BCUT2D eigenvalue weighted by atomic mass is 32.1. The Morgan fingerprint density at radius 2 is 2.00 bits per heavy atom. The van der Waals surface area contributed by atoms with E-state index in [1.165, 1.54) is 11.3 Å². The summed E-state index contributed by atoms with van der Waals surface area (Å²) in [7, 11) is 0. The van der Waals surface area contributed by atoms with E-state index >= 15 is 0 Å². The maximum absolute atomic E-state index is 12.9. The minimum atomic E-state index is -5.00. The van der Waals surface area contributed by atoms with E-state index in [-0.39, 0.29) is 19.0 Å². The molecule has 0 saturated carbocycles. The SMILES string of the molecule is Cc1ncc(-n2nccc2C2CCN(C(=O)[C@@](C)(O)C(F)(F)F)CC2)s1. The number of rotatable bonds is 3. The van der Waals surface area contributed by atoms with E-state index in [4.69, 9.17) is 0 Å². The highest BCUT2D eigenvalue weighted by Gasteiger charge is 2.57. The van der Waals surface area contributed by atoms with E-state index in [1.807, 2.05) is 13.0 Å². The molecule has 0 unspecified atom stereocenters. The molecule has 2 aromatic rings. The third-order valence-electron chi connectivity index (χ3n) is 4.66. The lowest BCUT2D eigenvalue weighted by Gasteiger charge is -2.36. The van der Waals surface area contributed by atoms with Gasteiger partial charge in [-0.2, -0.15) is 18.3 Å². The standard InChI is InChI=1S/C16H19F3N4O2S/c1-10-20-9-13(26-10)23-12(3-6-21-23)11-4-7-22(8-5-11)14(24)15(2,25)16(17,18)19/h3,6,9,11,25H,4-5,7-8H2,1-2H3/t15-/m1/s1. The number of likely N-dealkylation sites (tertiary alicyclic amines) is 1. The fourth-order valence-corrected chi connectivity index (χ4v) is 3.81. The number of hydrogen-bond acceptors (Lipinski definition) is 5. The van der Waals surface area contributed by atoms with Gasteiger partial charge in [0.2, 0.25) is 5.60 Å². The summed E-state index contributed by atoms with van der Waals surface area (Å²) in [5.41, 5.74) is -2.41. The molecular formula is C16H19F3N4O2S. The van der Waals surface area contributed by atoms with Crippen molar-refractivity contribution in [1.29, 1.82) is 0 Å². The van der Waals surface area contributed by atoms with E-state index < -0.39 is 17.7 Å². The lowest BCUT2D eigenvalue weighted by atomic mass is 9.92. The lowest BCUT2D eigenvalue weighted by molar-refractivity contribution is -0.250. The van der Waals surface area contributed by atoms with Gasteiger partial charge < -0.3 is 10.0 Å². The van der Waals surface area contributed by atoms with Crippen molar-refractivity contribution >= 4 is 17.2 Å². The van der Waals surface area contributed by atoms with E-state index in [1.54, 1.807) is 17.1 Å². The predicted octanol–water partition coefficient (Wildman–Crippen LogP) is 2.66. The van der Waals surface area contributed by atoms with Crippen molar-refractivity contribution in [2.75, 3.05) is 13.1 Å². The normalized spacial score (nSPS) is 18.8. The third-order valence-corrected chi connectivity index (χ3v) is 5.55. The van der Waals surface area contributed by atoms with Crippen LogP contribution in [0.25, 0.3) is 5.00 Å². The van der Waals surface area contributed by atoms with Crippen LogP contribution in [-0.4, -0.2) is 55.5 Å². The van der Waals surface area contributed by atoms with Gasteiger partial charge in [0.25, 0.3) is 5.91 Å². The number of nitrogens with zero attached hydrogens (tertiary/aromatic N) is 4. The van der Waals surface area contributed by atoms with Crippen LogP contribution in [0.4, 0.5) is 13.2 Å². The first kappa shape index (κ1) is 18.8. The molecule has 0 bridgehead atoms. The zero-order valence-corrected chi connectivity index (χ0v) is 15.1. The summed E-state index contributed by atoms with van der Waals surface area (Å²) in [6, 6.07) is 1.88. The number of carbonyl (C=O) groups excluding carboxylic acids is 1. The maximum atomic E-state index is 12.9. The Hall–Kier alpha value is -1.94. The molecule has 0 radical (unpaired) electrons. The largest absolute Gasteiger partial charge is 0.426 e. The maximum Gasteiger partial charge on any atom is 0.426 e. The number of hydrogen-bond donors (Lipinski definition) is 1. The minimum Gasteiger partial charge on any atom is -0.373 e. The summed E-state index contributed by atoms with van der Waals surface area (Å²) < 4.78 is 40.4. The monoisotopic (exact) mass is 388 g/mol. The van der Waals surface area contributed by atoms with Gasteiger partial charge in [-0.1, -0.05) is 11.3 Å². The van der Waals surface area contributed by atoms with Gasteiger partial charge in [0.15, 0.2) is 0 Å². The first-order chi connectivity index (χ1) is 12.1. The molecule has 1 aliphatic rings. The number of piperidine rings is 1. The zero-order chi connectivity index (χ0) is 19.1. The van der Waals surface area contributed by atoms with Crippen LogP contribution in [0.5, 0.6) is 0 Å². The molecule has 0 aromatic carbocycles. The summed E-state index contributed by atoms with van der Waals surface area (Å²) in [6.07, 6.45) is -0.581. The molecule has 6 nitrogen and oxygen atoms in total. The molecule has 26 heavy (non-hydrogen) atoms. The number of halogens is 3. The Labute approximate surface area is 152 Å². The quantitative estimate of drug-likeness (QED) is 0.878. The number of amides is 1. The Kier molecular flexibility index (Phi) is 4.82. The first-order valence-corrected chi connectivity index (χ1v) is 8.98. The fraction of sp³-hybridized carbons (Fsp3) is 0.562. The number of thiazole rings is 1. The van der Waals surface area contributed by atoms with Crippen LogP contribution in [0.15, 0.2) is 18.5 Å². The molecule has 1 fully saturated rings. The molecule has 2 aromatic heterocycles. The summed E-state index contributed by atoms with van der Waals surface area (Å²) in [6.45, 7) is 2.71. The van der Waals surface area contributed by atoms with Crippen LogP contribution >= 0.6 is 11.3 Å². The number of aromatic nitrogens is 3. The zero-order valence-electron chi connectivity index (χ0n) is 14.3. The van der Waals surface area contributed by atoms with Crippen LogP contribution < -0.4 is 0 Å². The van der Waals surface area contributed by atoms with E-state index in [2.05, 4.69) is 10.1 Å². The van der Waals surface area contributed by atoms with Crippen LogP contribution in [0.3, 0.4) is 0 Å². The second kappa shape index (κ2) is 6.66. The van der Waals surface area contributed by atoms with Gasteiger partial charge in [-0.05, 0) is 32.8 Å². The fourth-order valence-electron chi connectivity index (χ4n) is 3.06. The van der Waals surface area contributed by atoms with E-state index in [9.17, 15) is 23.1 Å². The van der Waals surface area contributed by atoms with Crippen LogP contribution in [0, 0.1) is 6.92 Å². The molecule has 1 amide bonds. The Balaban J connectivity index is 1.70. The second-order valence-corrected chi connectivity index (χ2v) is 7.74. The van der Waals surface area contributed by atoms with Gasteiger partial charge in [0.05, 0.1) is 11.2 Å². The Morgan fingerprint density at radius 1 is 1.35 bits per heavy atom. The highest BCUT2D eigenvalue weighted by Crippen LogP contribution is 2.35. The van der Waals surface area contributed by atoms with Crippen LogP contribution in [0.1, 0.15) is 36.4 Å². The molecule has 1 saturated heterocycles. The summed E-state index contributed by atoms with van der Waals surface area (Å²) in [5, 5.41) is 15.7. The van der Waals surface area contributed by atoms with Gasteiger partial charge in [-0.15, -0.1) is 0 Å². The van der Waals surface area contributed by atoms with Crippen LogP contribution in [-0.2, 0) is 4.79 Å². The average Bonchev–Trinajstić information content (AvgIpc) is 3.21. The Morgan fingerprint density at radius 3 is 2.54 bits per heavy atom. The minimum absolute atomic E-state index is 0.0693. The van der Waals surface area contributed by atoms with Crippen molar-refractivity contribution in [2.24, 2.45) is 0 Å². The summed E-state index contributed by atoms with van der Waals surface area (Å²) >= 11 is 1.50. The third kappa shape index (κ3) is 3.35. The molecule has 1 aliphatic heterocycles. The topological polar surface area (TPSA) is 71.2 Å². The van der Waals surface area contributed by atoms with Gasteiger partial charge in [0.1, 0.15) is 5.00 Å². The van der Waals surface area contributed by atoms with Gasteiger partial charge in [-0.25, -0.2) is 9.67 Å². The number of aliphatic hydroxyl groups is 1. The van der Waals surface area contributed by atoms with E-state index in [0.717, 1.165) is 20.6 Å². The molecule has 3 rings (SSSR count). The predicted molar refractivity (Wildman–Crippen MR) is 89.2 cm³/mol. The Bertz CT molecular complexity index is 792. The van der Waals surface area contributed by atoms with Crippen molar-refractivity contribution in [1.82, 2.24) is 19.7 Å². The first-order valence-electron chi connectivity index (χ1n) is 8.16. The molecule has 10 heteroatoms. The molecule has 3 heterocycles. The van der Waals surface area contributed by atoms with Crippen molar-refractivity contribution < 1.29 is 23.1 Å². The summed E-state index contributed by atoms with van der Waals surface area (Å²) in [5.74, 6) is -1.23. The van der Waals surface area contributed by atoms with Gasteiger partial charge >= 0.3 is 6.18 Å². The smallest absolute Gasteiger partial charge is 0.373 e. The van der Waals surface area contributed by atoms with Crippen molar-refractivity contribution in [3.63, 3.8) is 0 Å². The number of alkyl halides is 3. The average molecular weight is 388 g/mol. The molecular weight excluding hydrogens is 369 g/mol. The number of carbonyl (C=O) groups is 1. The van der Waals surface area contributed by atoms with Gasteiger partial charge in [-0.3, -0.25) is 4.79 Å². The summed E-state index contributed by atoms with van der Waals surface area (Å²) in [4.78, 5) is 17.4. The molecule has 1 atom stereocenters. The van der Waals surface area contributed by atoms with E-state index in [0.29, 0.717) is 19.8 Å². The van der Waals surface area contributed by atoms with Crippen molar-refractivity contribution in [2.45, 2.75) is 44.4 Å². The highest BCUT2D eigenvalue weighted by molar-refractivity contribution is 7.14. The van der Waals surface area contributed by atoms with Crippen molar-refractivity contribution in [3.8, 4) is 5.00 Å². The lowest BCUT2D eigenvalue weighted by Crippen LogP contribution is -2.57. The van der Waals surface area contributed by atoms with Crippen LogP contribution in [0.2, 0.25) is 0 Å². The van der Waals surface area contributed by atoms with Gasteiger partial charge in [0, 0.05) is 30.9 Å². The molecule has 142 valence electrons. The van der Waals surface area contributed by atoms with Crippen molar-refractivity contribution in [3.05, 3.63) is 29.2 Å². The molecule has 1 N–H and O–H groups in total.